The van der Waals surface area contributed by atoms with E-state index in [2.05, 4.69) is 0 Å². The fourth-order valence-corrected chi connectivity index (χ4v) is 2.66. The molecule has 0 radical (unpaired) electrons. The first kappa shape index (κ1) is 18.6. The number of hydrogen-bond donors (Lipinski definition) is 0. The molecule has 2 aromatic rings. The van der Waals surface area contributed by atoms with Crippen LogP contribution in [0.4, 0.5) is 4.39 Å². The van der Waals surface area contributed by atoms with Crippen molar-refractivity contribution in [2.45, 2.75) is 24.8 Å². The molecule has 27 heavy (non-hydrogen) atoms. The number of esters is 3. The van der Waals surface area contributed by atoms with E-state index in [4.69, 9.17) is 14.2 Å². The molecular weight excluding hydrogens is 355 g/mol. The van der Waals surface area contributed by atoms with Gasteiger partial charge in [-0.25, -0.2) is 18.8 Å². The van der Waals surface area contributed by atoms with E-state index in [1.165, 1.54) is 12.1 Å². The lowest BCUT2D eigenvalue weighted by molar-refractivity contribution is -0.150. The van der Waals surface area contributed by atoms with Crippen molar-refractivity contribution in [3.63, 3.8) is 0 Å². The third-order valence-corrected chi connectivity index (χ3v) is 4.16. The van der Waals surface area contributed by atoms with Gasteiger partial charge in [0.2, 0.25) is 5.67 Å². The highest BCUT2D eigenvalue weighted by molar-refractivity contribution is 5.91. The Morgan fingerprint density at radius 3 is 2.07 bits per heavy atom. The Hall–Kier alpha value is -3.22. The van der Waals surface area contributed by atoms with E-state index in [-0.39, 0.29) is 5.56 Å². The molecule has 0 aliphatic carbocycles. The smallest absolute Gasteiger partial charge is 0.348 e. The highest BCUT2D eigenvalue weighted by Gasteiger charge is 2.58. The molecule has 0 amide bonds. The fraction of sp³-hybridized carbons (Fsp3) is 0.250. The Morgan fingerprint density at radius 2 is 1.52 bits per heavy atom. The van der Waals surface area contributed by atoms with Crippen LogP contribution in [0.15, 0.2) is 60.7 Å². The van der Waals surface area contributed by atoms with Crippen molar-refractivity contribution in [2.75, 3.05) is 6.61 Å². The summed E-state index contributed by atoms with van der Waals surface area (Å²) in [6.45, 7) is 0.531. The van der Waals surface area contributed by atoms with Crippen molar-refractivity contribution in [2.24, 2.45) is 0 Å². The lowest BCUT2D eigenvalue weighted by atomic mass is 10.00. The summed E-state index contributed by atoms with van der Waals surface area (Å²) in [7, 11) is 0. The van der Waals surface area contributed by atoms with Crippen molar-refractivity contribution in [3.8, 4) is 0 Å². The lowest BCUT2D eigenvalue weighted by Crippen LogP contribution is -2.44. The van der Waals surface area contributed by atoms with Crippen LogP contribution in [0.25, 0.3) is 0 Å². The van der Waals surface area contributed by atoms with Gasteiger partial charge in [0.05, 0.1) is 11.1 Å². The number of carbonyl (C=O) groups excluding carboxylic acids is 3. The summed E-state index contributed by atoms with van der Waals surface area (Å²) in [5.41, 5.74) is -2.05. The van der Waals surface area contributed by atoms with E-state index < -0.39 is 42.4 Å². The van der Waals surface area contributed by atoms with Crippen molar-refractivity contribution in [1.82, 2.24) is 0 Å². The van der Waals surface area contributed by atoms with Crippen LogP contribution >= 0.6 is 0 Å². The molecule has 0 unspecified atom stereocenters. The topological polar surface area (TPSA) is 78.9 Å². The average molecular weight is 372 g/mol. The van der Waals surface area contributed by atoms with Gasteiger partial charge in [-0.3, -0.25) is 0 Å². The molecule has 1 aliphatic rings. The van der Waals surface area contributed by atoms with E-state index >= 15 is 0 Å². The molecule has 1 saturated heterocycles. The van der Waals surface area contributed by atoms with E-state index in [0.717, 1.165) is 6.92 Å². The second kappa shape index (κ2) is 7.57. The van der Waals surface area contributed by atoms with Gasteiger partial charge >= 0.3 is 17.9 Å². The molecule has 0 spiro atoms. The molecule has 0 aromatic heterocycles. The molecule has 6 nitrogen and oxygen atoms in total. The van der Waals surface area contributed by atoms with Gasteiger partial charge in [0, 0.05) is 0 Å². The van der Waals surface area contributed by atoms with E-state index in [0.29, 0.717) is 5.56 Å². The maximum atomic E-state index is 14.8. The second-order valence-corrected chi connectivity index (χ2v) is 6.18. The summed E-state index contributed by atoms with van der Waals surface area (Å²) >= 11 is 0. The minimum atomic E-state index is -2.55. The average Bonchev–Trinajstić information content (AvgIpc) is 2.90. The van der Waals surface area contributed by atoms with Crippen LogP contribution in [0, 0.1) is 0 Å². The summed E-state index contributed by atoms with van der Waals surface area (Å²) in [5.74, 6) is -2.64. The Labute approximate surface area is 154 Å². The summed E-state index contributed by atoms with van der Waals surface area (Å²) in [6, 6.07) is 16.1. The van der Waals surface area contributed by atoms with Crippen LogP contribution in [0.1, 0.15) is 27.6 Å². The minimum Gasteiger partial charge on any atom is -0.458 e. The van der Waals surface area contributed by atoms with Gasteiger partial charge in [0.25, 0.3) is 0 Å². The Kier molecular flexibility index (Phi) is 5.21. The summed E-state index contributed by atoms with van der Waals surface area (Å²) in [6.07, 6.45) is -2.78. The Balaban J connectivity index is 1.70. The van der Waals surface area contributed by atoms with Crippen molar-refractivity contribution >= 4 is 17.9 Å². The second-order valence-electron chi connectivity index (χ2n) is 6.18. The Bertz CT molecular complexity index is 834. The predicted octanol–water partition coefficient (Wildman–Crippen LogP) is 2.72. The molecule has 1 fully saturated rings. The number of cyclic esters (lactones) is 1. The van der Waals surface area contributed by atoms with Crippen LogP contribution in [0.2, 0.25) is 0 Å². The van der Waals surface area contributed by atoms with Gasteiger partial charge in [-0.15, -0.1) is 0 Å². The molecular formula is C20H17FO6. The SMILES string of the molecule is C[C@@]1(F)C(=O)O[C@@H](COC(=O)c2ccccc2)[C@@H]1OC(=O)c1ccccc1. The quantitative estimate of drug-likeness (QED) is 0.593. The standard InChI is InChI=1S/C20H17FO6/c1-20(21)16(27-18(23)14-10-6-3-7-11-14)15(26-19(20)24)12-25-17(22)13-8-4-2-5-9-13/h2-11,15-16H,12H2,1H3/t15-,16-,20-/m0/s1. The van der Waals surface area contributed by atoms with Crippen LogP contribution in [0.3, 0.4) is 0 Å². The van der Waals surface area contributed by atoms with Crippen LogP contribution in [-0.4, -0.2) is 42.4 Å². The van der Waals surface area contributed by atoms with E-state index in [1.807, 2.05) is 0 Å². The number of ether oxygens (including phenoxy) is 3. The highest BCUT2D eigenvalue weighted by atomic mass is 19.1. The maximum Gasteiger partial charge on any atom is 0.348 e. The van der Waals surface area contributed by atoms with Crippen molar-refractivity contribution < 1.29 is 33.0 Å². The fourth-order valence-electron chi connectivity index (χ4n) is 2.66. The maximum absolute atomic E-state index is 14.8. The number of hydrogen-bond acceptors (Lipinski definition) is 6. The van der Waals surface area contributed by atoms with Crippen LogP contribution < -0.4 is 0 Å². The van der Waals surface area contributed by atoms with E-state index in [9.17, 15) is 18.8 Å². The van der Waals surface area contributed by atoms with Crippen LogP contribution in [0.5, 0.6) is 0 Å². The third-order valence-electron chi connectivity index (χ3n) is 4.16. The zero-order valence-corrected chi connectivity index (χ0v) is 14.5. The van der Waals surface area contributed by atoms with Crippen molar-refractivity contribution in [1.29, 1.82) is 0 Å². The number of carbonyl (C=O) groups is 3. The third kappa shape index (κ3) is 3.97. The number of rotatable bonds is 5. The van der Waals surface area contributed by atoms with Crippen molar-refractivity contribution in [3.05, 3.63) is 71.8 Å². The molecule has 0 N–H and O–H groups in total. The minimum absolute atomic E-state index is 0.202. The van der Waals surface area contributed by atoms with Gasteiger partial charge in [-0.1, -0.05) is 36.4 Å². The zero-order valence-electron chi connectivity index (χ0n) is 14.5. The van der Waals surface area contributed by atoms with Gasteiger partial charge in [-0.05, 0) is 31.2 Å². The first-order valence-electron chi connectivity index (χ1n) is 8.28. The zero-order chi connectivity index (χ0) is 19.4. The molecule has 2 aromatic carbocycles. The summed E-state index contributed by atoms with van der Waals surface area (Å²) < 4.78 is 30.0. The van der Waals surface area contributed by atoms with Gasteiger partial charge in [-0.2, -0.15) is 0 Å². The van der Waals surface area contributed by atoms with Crippen LogP contribution in [-0.2, 0) is 19.0 Å². The lowest BCUT2D eigenvalue weighted by Gasteiger charge is -2.22. The first-order valence-corrected chi connectivity index (χ1v) is 8.28. The molecule has 3 atom stereocenters. The summed E-state index contributed by atoms with van der Waals surface area (Å²) in [5, 5.41) is 0. The highest BCUT2D eigenvalue weighted by Crippen LogP contribution is 2.33. The molecule has 7 heteroatoms. The molecule has 3 rings (SSSR count). The first-order chi connectivity index (χ1) is 12.9. The Morgan fingerprint density at radius 1 is 1.00 bits per heavy atom. The van der Waals surface area contributed by atoms with Gasteiger partial charge in [0.1, 0.15) is 6.61 Å². The molecule has 140 valence electrons. The van der Waals surface area contributed by atoms with E-state index in [1.54, 1.807) is 48.5 Å². The summed E-state index contributed by atoms with van der Waals surface area (Å²) in [4.78, 5) is 36.1. The number of alkyl halides is 1. The van der Waals surface area contributed by atoms with Gasteiger partial charge < -0.3 is 14.2 Å². The molecule has 0 saturated carbocycles. The largest absolute Gasteiger partial charge is 0.458 e. The number of halogens is 1. The van der Waals surface area contributed by atoms with Gasteiger partial charge in [0.15, 0.2) is 12.2 Å². The number of benzene rings is 2. The molecule has 1 aliphatic heterocycles. The molecule has 0 bridgehead atoms. The monoisotopic (exact) mass is 372 g/mol. The molecule has 1 heterocycles. The predicted molar refractivity (Wildman–Crippen MR) is 91.8 cm³/mol. The normalized spacial score (nSPS) is 24.1.